The Kier molecular flexibility index (Phi) is 4.25. The van der Waals surface area contributed by atoms with Crippen molar-refractivity contribution in [3.8, 4) is 0 Å². The number of halogens is 2. The summed E-state index contributed by atoms with van der Waals surface area (Å²) in [5, 5.41) is 10.1. The van der Waals surface area contributed by atoms with Crippen LogP contribution in [0.1, 0.15) is 30.1 Å². The lowest BCUT2D eigenvalue weighted by Crippen LogP contribution is -2.36. The maximum Gasteiger partial charge on any atom is 0.311 e. The quantitative estimate of drug-likeness (QED) is 0.930. The van der Waals surface area contributed by atoms with E-state index in [0.717, 1.165) is 0 Å². The normalized spacial score (nSPS) is 22.1. The molecule has 1 amide bonds. The van der Waals surface area contributed by atoms with E-state index in [1.807, 2.05) is 6.92 Å². The fourth-order valence-corrected chi connectivity index (χ4v) is 3.05. The maximum absolute atomic E-state index is 12.4. The van der Waals surface area contributed by atoms with Gasteiger partial charge in [-0.25, -0.2) is 0 Å². The second-order valence-corrected chi connectivity index (χ2v) is 5.95. The van der Waals surface area contributed by atoms with Crippen molar-refractivity contribution in [3.63, 3.8) is 0 Å². The van der Waals surface area contributed by atoms with Gasteiger partial charge in [-0.05, 0) is 31.0 Å². The van der Waals surface area contributed by atoms with Gasteiger partial charge >= 0.3 is 5.97 Å². The van der Waals surface area contributed by atoms with Crippen LogP contribution >= 0.6 is 23.2 Å². The molecule has 1 aromatic carbocycles. The molecular weight excluding hydrogens is 301 g/mol. The number of likely N-dealkylation sites (tertiary alicyclic amines) is 1. The molecule has 0 saturated carbocycles. The summed E-state index contributed by atoms with van der Waals surface area (Å²) in [6, 6.07) is 4.64. The van der Waals surface area contributed by atoms with Crippen LogP contribution in [0.5, 0.6) is 0 Å². The first-order valence-corrected chi connectivity index (χ1v) is 7.12. The molecule has 4 nitrogen and oxygen atoms in total. The number of nitrogens with zero attached hydrogens (tertiary/aromatic N) is 1. The second kappa shape index (κ2) is 5.62. The molecule has 2 rings (SSSR count). The number of rotatable bonds is 3. The summed E-state index contributed by atoms with van der Waals surface area (Å²) >= 11 is 11.8. The number of carboxylic acid groups (broad SMARTS) is 1. The first-order chi connectivity index (χ1) is 9.38. The molecule has 0 aliphatic carbocycles. The van der Waals surface area contributed by atoms with Gasteiger partial charge in [-0.3, -0.25) is 9.59 Å². The standard InChI is InChI=1S/C14H15Cl2NO3/c1-2-14(13(19)20)3-4-17(8-14)12(18)9-5-10(15)7-11(16)6-9/h5-7H,2-4,8H2,1H3,(H,19,20). The molecule has 108 valence electrons. The van der Waals surface area contributed by atoms with Gasteiger partial charge in [0.2, 0.25) is 0 Å². The molecule has 0 spiro atoms. The molecule has 0 radical (unpaired) electrons. The number of carbonyl (C=O) groups is 2. The molecule has 1 heterocycles. The summed E-state index contributed by atoms with van der Waals surface area (Å²) in [4.78, 5) is 25.3. The molecule has 1 saturated heterocycles. The van der Waals surface area contributed by atoms with Crippen LogP contribution in [0.3, 0.4) is 0 Å². The lowest BCUT2D eigenvalue weighted by molar-refractivity contribution is -0.148. The summed E-state index contributed by atoms with van der Waals surface area (Å²) in [5.74, 6) is -1.08. The number of aliphatic carboxylic acids is 1. The first kappa shape index (κ1) is 15.1. The predicted octanol–water partition coefficient (Wildman–Crippen LogP) is 3.32. The van der Waals surface area contributed by atoms with Gasteiger partial charge in [-0.15, -0.1) is 0 Å². The van der Waals surface area contributed by atoms with Gasteiger partial charge in [-0.2, -0.15) is 0 Å². The smallest absolute Gasteiger partial charge is 0.311 e. The molecule has 1 aliphatic heterocycles. The Morgan fingerprint density at radius 2 is 1.90 bits per heavy atom. The molecular formula is C14H15Cl2NO3. The molecule has 1 atom stereocenters. The predicted molar refractivity (Wildman–Crippen MR) is 77.3 cm³/mol. The Bertz CT molecular complexity index is 541. The number of benzene rings is 1. The number of hydrogen-bond acceptors (Lipinski definition) is 2. The van der Waals surface area contributed by atoms with Crippen LogP contribution in [0.2, 0.25) is 10.0 Å². The van der Waals surface area contributed by atoms with Crippen LogP contribution in [-0.2, 0) is 4.79 Å². The van der Waals surface area contributed by atoms with Gasteiger partial charge in [0.1, 0.15) is 0 Å². The fourth-order valence-electron chi connectivity index (χ4n) is 2.52. The number of hydrogen-bond donors (Lipinski definition) is 1. The third-order valence-electron chi connectivity index (χ3n) is 3.88. The Balaban J connectivity index is 2.21. The van der Waals surface area contributed by atoms with E-state index in [9.17, 15) is 14.7 Å². The highest BCUT2D eigenvalue weighted by Gasteiger charge is 2.44. The van der Waals surface area contributed by atoms with Gasteiger partial charge in [0.25, 0.3) is 5.91 Å². The van der Waals surface area contributed by atoms with Crippen LogP contribution < -0.4 is 0 Å². The monoisotopic (exact) mass is 315 g/mol. The van der Waals surface area contributed by atoms with Gasteiger partial charge < -0.3 is 10.0 Å². The van der Waals surface area contributed by atoms with Crippen molar-refractivity contribution in [1.82, 2.24) is 4.90 Å². The van der Waals surface area contributed by atoms with Gasteiger partial charge in [-0.1, -0.05) is 30.1 Å². The molecule has 0 bridgehead atoms. The van der Waals surface area contributed by atoms with Crippen molar-refractivity contribution in [2.45, 2.75) is 19.8 Å². The Morgan fingerprint density at radius 1 is 1.30 bits per heavy atom. The number of carboxylic acids is 1. The van der Waals surface area contributed by atoms with Crippen LogP contribution in [0.4, 0.5) is 0 Å². The van der Waals surface area contributed by atoms with Crippen molar-refractivity contribution < 1.29 is 14.7 Å². The van der Waals surface area contributed by atoms with Crippen LogP contribution in [0.25, 0.3) is 0 Å². The summed E-state index contributed by atoms with van der Waals surface area (Å²) in [6.45, 7) is 2.49. The van der Waals surface area contributed by atoms with E-state index < -0.39 is 11.4 Å². The summed E-state index contributed by atoms with van der Waals surface area (Å²) in [7, 11) is 0. The lowest BCUT2D eigenvalue weighted by Gasteiger charge is -2.23. The van der Waals surface area contributed by atoms with Crippen LogP contribution in [0.15, 0.2) is 18.2 Å². The van der Waals surface area contributed by atoms with E-state index in [1.165, 1.54) is 0 Å². The largest absolute Gasteiger partial charge is 0.481 e. The minimum Gasteiger partial charge on any atom is -0.481 e. The molecule has 1 unspecified atom stereocenters. The fraction of sp³-hybridized carbons (Fsp3) is 0.429. The molecule has 1 N–H and O–H groups in total. The lowest BCUT2D eigenvalue weighted by atomic mass is 9.84. The zero-order valence-corrected chi connectivity index (χ0v) is 12.5. The zero-order chi connectivity index (χ0) is 14.9. The molecule has 6 heteroatoms. The van der Waals surface area contributed by atoms with E-state index in [1.54, 1.807) is 23.1 Å². The highest BCUT2D eigenvalue weighted by molar-refractivity contribution is 6.35. The molecule has 1 aromatic rings. The van der Waals surface area contributed by atoms with Gasteiger partial charge in [0, 0.05) is 28.7 Å². The highest BCUT2D eigenvalue weighted by atomic mass is 35.5. The van der Waals surface area contributed by atoms with E-state index in [4.69, 9.17) is 23.2 Å². The maximum atomic E-state index is 12.4. The number of carbonyl (C=O) groups excluding carboxylic acids is 1. The topological polar surface area (TPSA) is 57.6 Å². The van der Waals surface area contributed by atoms with Gasteiger partial charge in [0.15, 0.2) is 0 Å². The van der Waals surface area contributed by atoms with Gasteiger partial charge in [0.05, 0.1) is 5.41 Å². The second-order valence-electron chi connectivity index (χ2n) is 5.07. The third-order valence-corrected chi connectivity index (χ3v) is 4.32. The zero-order valence-electron chi connectivity index (χ0n) is 11.0. The van der Waals surface area contributed by atoms with E-state index in [2.05, 4.69) is 0 Å². The van der Waals surface area contributed by atoms with Crippen molar-refractivity contribution in [2.75, 3.05) is 13.1 Å². The summed E-state index contributed by atoms with van der Waals surface area (Å²) < 4.78 is 0. The van der Waals surface area contributed by atoms with E-state index >= 15 is 0 Å². The van der Waals surface area contributed by atoms with Crippen molar-refractivity contribution >= 4 is 35.1 Å². The van der Waals surface area contributed by atoms with Crippen molar-refractivity contribution in [1.29, 1.82) is 0 Å². The first-order valence-electron chi connectivity index (χ1n) is 6.37. The highest BCUT2D eigenvalue weighted by Crippen LogP contribution is 2.35. The van der Waals surface area contributed by atoms with Crippen molar-refractivity contribution in [2.24, 2.45) is 5.41 Å². The SMILES string of the molecule is CCC1(C(=O)O)CCN(C(=O)c2cc(Cl)cc(Cl)c2)C1. The Hall–Kier alpha value is -1.26. The minimum absolute atomic E-state index is 0.224. The van der Waals surface area contributed by atoms with E-state index in [0.29, 0.717) is 35.0 Å². The minimum atomic E-state index is -0.848. The molecule has 1 aliphatic rings. The van der Waals surface area contributed by atoms with Crippen molar-refractivity contribution in [3.05, 3.63) is 33.8 Å². The van der Waals surface area contributed by atoms with E-state index in [-0.39, 0.29) is 12.5 Å². The Labute approximate surface area is 127 Å². The molecule has 20 heavy (non-hydrogen) atoms. The Morgan fingerprint density at radius 3 is 2.35 bits per heavy atom. The third kappa shape index (κ3) is 2.76. The molecule has 0 aromatic heterocycles. The number of amides is 1. The summed E-state index contributed by atoms with van der Waals surface area (Å²) in [6.07, 6.45) is 0.973. The molecule has 1 fully saturated rings. The van der Waals surface area contributed by atoms with Crippen LogP contribution in [-0.4, -0.2) is 35.0 Å². The average molecular weight is 316 g/mol. The summed E-state index contributed by atoms with van der Waals surface area (Å²) in [5.41, 5.74) is -0.447. The average Bonchev–Trinajstić information content (AvgIpc) is 2.82. The van der Waals surface area contributed by atoms with Crippen LogP contribution in [0, 0.1) is 5.41 Å².